The third-order valence-electron chi connectivity index (χ3n) is 6.78. The lowest BCUT2D eigenvalue weighted by Crippen LogP contribution is -2.61. The molecule has 1 aliphatic heterocycles. The molecule has 0 unspecified atom stereocenters. The van der Waals surface area contributed by atoms with E-state index < -0.39 is 35.4 Å². The zero-order chi connectivity index (χ0) is 25.0. The number of hydrogen-bond acceptors (Lipinski definition) is 5. The van der Waals surface area contributed by atoms with E-state index in [1.165, 1.54) is 0 Å². The van der Waals surface area contributed by atoms with Crippen LogP contribution in [0.25, 0.3) is 0 Å². The molecule has 4 rings (SSSR count). The first-order valence-electron chi connectivity index (χ1n) is 11.9. The molecule has 35 heavy (non-hydrogen) atoms. The Labute approximate surface area is 204 Å². The van der Waals surface area contributed by atoms with Gasteiger partial charge in [0.15, 0.2) is 5.78 Å². The predicted octanol–water partition coefficient (Wildman–Crippen LogP) is 1.71. The van der Waals surface area contributed by atoms with Crippen molar-refractivity contribution in [3.05, 3.63) is 65.7 Å². The normalized spacial score (nSPS) is 19.4. The van der Waals surface area contributed by atoms with Gasteiger partial charge in [-0.15, -0.1) is 0 Å². The number of amides is 3. The van der Waals surface area contributed by atoms with Gasteiger partial charge in [-0.25, -0.2) is 0 Å². The van der Waals surface area contributed by atoms with Gasteiger partial charge in [-0.1, -0.05) is 49.4 Å². The van der Waals surface area contributed by atoms with Crippen LogP contribution in [0.15, 0.2) is 54.6 Å². The van der Waals surface area contributed by atoms with Gasteiger partial charge >= 0.3 is 0 Å². The highest BCUT2D eigenvalue weighted by molar-refractivity contribution is 6.00. The average molecular weight is 478 g/mol. The van der Waals surface area contributed by atoms with E-state index in [-0.39, 0.29) is 24.5 Å². The Morgan fingerprint density at radius 3 is 2.14 bits per heavy atom. The number of β-lactam (4-membered cyclic amide) rings is 1. The summed E-state index contributed by atoms with van der Waals surface area (Å²) in [7, 11) is 1.57. The highest BCUT2D eigenvalue weighted by atomic mass is 16.5. The number of Topliss-reactive ketones (excluding diaryl/α,β-unsaturated/α-hetero) is 1. The third kappa shape index (κ3) is 6.07. The molecule has 1 saturated heterocycles. The molecule has 0 aromatic heterocycles. The van der Waals surface area contributed by atoms with E-state index in [0.29, 0.717) is 12.2 Å². The van der Waals surface area contributed by atoms with Crippen molar-refractivity contribution in [2.45, 2.75) is 57.2 Å². The second kappa shape index (κ2) is 10.3. The largest absolute Gasteiger partial charge is 0.497 e. The maximum atomic E-state index is 13.5. The number of nitrogens with one attached hydrogen (secondary N) is 3. The number of methoxy groups -OCH3 is 1. The highest BCUT2D eigenvalue weighted by Crippen LogP contribution is 2.46. The molecule has 0 spiro atoms. The second-order valence-electron chi connectivity index (χ2n) is 9.61. The molecule has 8 heteroatoms. The van der Waals surface area contributed by atoms with Crippen molar-refractivity contribution in [1.82, 2.24) is 16.0 Å². The fourth-order valence-electron chi connectivity index (χ4n) is 4.18. The Morgan fingerprint density at radius 1 is 0.971 bits per heavy atom. The van der Waals surface area contributed by atoms with E-state index in [1.54, 1.807) is 19.2 Å². The molecule has 1 saturated carbocycles. The number of hydrogen-bond donors (Lipinski definition) is 3. The molecule has 1 heterocycles. The van der Waals surface area contributed by atoms with Gasteiger partial charge in [-0.2, -0.15) is 0 Å². The minimum absolute atomic E-state index is 0.00971. The molecular formula is C27H31N3O5. The van der Waals surface area contributed by atoms with Crippen molar-refractivity contribution >= 4 is 23.5 Å². The van der Waals surface area contributed by atoms with Crippen LogP contribution in [0.3, 0.4) is 0 Å². The van der Waals surface area contributed by atoms with E-state index in [4.69, 9.17) is 4.74 Å². The topological polar surface area (TPSA) is 114 Å². The maximum absolute atomic E-state index is 13.5. The smallest absolute Gasteiger partial charge is 0.243 e. The Morgan fingerprint density at radius 2 is 1.57 bits per heavy atom. The van der Waals surface area contributed by atoms with E-state index in [1.807, 2.05) is 49.4 Å². The quantitative estimate of drug-likeness (QED) is 0.427. The van der Waals surface area contributed by atoms with Gasteiger partial charge in [-0.05, 0) is 42.5 Å². The molecule has 2 aliphatic rings. The second-order valence-corrected chi connectivity index (χ2v) is 9.61. The van der Waals surface area contributed by atoms with Crippen molar-refractivity contribution < 1.29 is 23.9 Å². The van der Waals surface area contributed by atoms with Crippen LogP contribution in [0, 0.1) is 5.41 Å². The summed E-state index contributed by atoms with van der Waals surface area (Å²) in [6, 6.07) is 14.5. The first-order valence-corrected chi connectivity index (χ1v) is 11.9. The molecular weight excluding hydrogens is 446 g/mol. The zero-order valence-electron chi connectivity index (χ0n) is 20.0. The van der Waals surface area contributed by atoms with Gasteiger partial charge in [-0.3, -0.25) is 19.2 Å². The molecule has 1 aliphatic carbocycles. The van der Waals surface area contributed by atoms with Gasteiger partial charge in [0.25, 0.3) is 0 Å². The summed E-state index contributed by atoms with van der Waals surface area (Å²) in [4.78, 5) is 50.7. The molecule has 3 atom stereocenters. The van der Waals surface area contributed by atoms with Gasteiger partial charge in [0.1, 0.15) is 17.8 Å². The van der Waals surface area contributed by atoms with Crippen LogP contribution in [-0.2, 0) is 32.0 Å². The van der Waals surface area contributed by atoms with Crippen LogP contribution in [-0.4, -0.2) is 48.7 Å². The van der Waals surface area contributed by atoms with Gasteiger partial charge in [0, 0.05) is 11.8 Å². The first-order chi connectivity index (χ1) is 16.8. The Bertz CT molecular complexity index is 1090. The number of ketones is 1. The minimum Gasteiger partial charge on any atom is -0.497 e. The van der Waals surface area contributed by atoms with Crippen LogP contribution >= 0.6 is 0 Å². The van der Waals surface area contributed by atoms with Crippen LogP contribution in [0.1, 0.15) is 37.3 Å². The summed E-state index contributed by atoms with van der Waals surface area (Å²) in [5.41, 5.74) is 1.35. The van der Waals surface area contributed by atoms with Crippen molar-refractivity contribution in [2.24, 2.45) is 5.41 Å². The van der Waals surface area contributed by atoms with E-state index in [9.17, 15) is 19.2 Å². The predicted molar refractivity (Wildman–Crippen MR) is 130 cm³/mol. The Kier molecular flexibility index (Phi) is 7.19. The van der Waals surface area contributed by atoms with E-state index in [0.717, 1.165) is 24.0 Å². The third-order valence-corrected chi connectivity index (χ3v) is 6.78. The summed E-state index contributed by atoms with van der Waals surface area (Å²) in [5.74, 6) is -0.359. The summed E-state index contributed by atoms with van der Waals surface area (Å²) in [5, 5.41) is 8.23. The summed E-state index contributed by atoms with van der Waals surface area (Å²) < 4.78 is 5.20. The van der Waals surface area contributed by atoms with Crippen LogP contribution in [0.2, 0.25) is 0 Å². The van der Waals surface area contributed by atoms with Gasteiger partial charge in [0.2, 0.25) is 17.7 Å². The van der Waals surface area contributed by atoms with Crippen molar-refractivity contribution in [1.29, 1.82) is 0 Å². The molecule has 0 bridgehead atoms. The molecule has 2 fully saturated rings. The average Bonchev–Trinajstić information content (AvgIpc) is 3.60. The minimum atomic E-state index is -0.911. The lowest BCUT2D eigenvalue weighted by molar-refractivity contribution is -0.139. The molecule has 0 radical (unpaired) electrons. The Balaban J connectivity index is 1.52. The lowest BCUT2D eigenvalue weighted by Gasteiger charge is -2.29. The summed E-state index contributed by atoms with van der Waals surface area (Å²) in [6.45, 7) is 1.93. The highest BCUT2D eigenvalue weighted by Gasteiger charge is 2.48. The molecule has 2 aromatic carbocycles. The van der Waals surface area contributed by atoms with Crippen molar-refractivity contribution in [3.63, 3.8) is 0 Å². The maximum Gasteiger partial charge on any atom is 0.243 e. The van der Waals surface area contributed by atoms with E-state index >= 15 is 0 Å². The molecule has 2 aromatic rings. The standard InChI is InChI=1S/C27H31N3O5/c1-27(12-13-27)24(32)20(14-17-6-4-3-5-7-17)29-25(33)21(30-26(34)22-16-23(31)28-22)15-18-8-10-19(35-2)11-9-18/h3-11,20-22H,12-16H2,1-2H3,(H,28,31)(H,29,33)(H,30,34)/t20-,21-,22+/m0/s1. The van der Waals surface area contributed by atoms with E-state index in [2.05, 4.69) is 16.0 Å². The van der Waals surface area contributed by atoms with Crippen molar-refractivity contribution in [2.75, 3.05) is 7.11 Å². The molecule has 184 valence electrons. The summed E-state index contributed by atoms with van der Waals surface area (Å²) >= 11 is 0. The Hall–Kier alpha value is -3.68. The zero-order valence-corrected chi connectivity index (χ0v) is 20.0. The number of ether oxygens (including phenoxy) is 1. The molecule has 3 amide bonds. The number of carbonyl (C=O) groups excluding carboxylic acids is 4. The van der Waals surface area contributed by atoms with Crippen LogP contribution < -0.4 is 20.7 Å². The van der Waals surface area contributed by atoms with Gasteiger partial charge < -0.3 is 20.7 Å². The van der Waals surface area contributed by atoms with Crippen LogP contribution in [0.5, 0.6) is 5.75 Å². The number of benzene rings is 2. The van der Waals surface area contributed by atoms with Crippen LogP contribution in [0.4, 0.5) is 0 Å². The SMILES string of the molecule is COc1ccc(C[C@H](NC(=O)[C@H]2CC(=O)N2)C(=O)N[C@@H](Cc2ccccc2)C(=O)C2(C)CC2)cc1. The summed E-state index contributed by atoms with van der Waals surface area (Å²) in [6.07, 6.45) is 2.31. The fraction of sp³-hybridized carbons (Fsp3) is 0.407. The van der Waals surface area contributed by atoms with Gasteiger partial charge in [0.05, 0.1) is 19.6 Å². The first kappa shape index (κ1) is 24.4. The van der Waals surface area contributed by atoms with Crippen molar-refractivity contribution in [3.8, 4) is 5.75 Å². The molecule has 3 N–H and O–H groups in total. The molecule has 8 nitrogen and oxygen atoms in total. The number of rotatable bonds is 11. The fourth-order valence-corrected chi connectivity index (χ4v) is 4.18. The monoisotopic (exact) mass is 477 g/mol. The number of carbonyl (C=O) groups is 4. The lowest BCUT2D eigenvalue weighted by atomic mass is 9.92.